The molecule has 0 saturated heterocycles. The zero-order chi connectivity index (χ0) is 11.5. The van der Waals surface area contributed by atoms with Gasteiger partial charge in [-0.15, -0.1) is 0 Å². The molecule has 0 bridgehead atoms. The molecule has 16 heavy (non-hydrogen) atoms. The molecular weight excluding hydrogens is 274 g/mol. The first kappa shape index (κ1) is 11.4. The predicted octanol–water partition coefficient (Wildman–Crippen LogP) is 3.68. The first-order valence-electron chi connectivity index (χ1n) is 5.28. The van der Waals surface area contributed by atoms with Crippen molar-refractivity contribution < 1.29 is 9.66 Å². The Balaban J connectivity index is 2.25. The smallest absolute Gasteiger partial charge is 0.324 e. The van der Waals surface area contributed by atoms with Crippen molar-refractivity contribution in [3.63, 3.8) is 0 Å². The third-order valence-electron chi connectivity index (χ3n) is 2.73. The molecule has 1 saturated carbocycles. The number of hydrogen-bond donors (Lipinski definition) is 0. The lowest BCUT2D eigenvalue weighted by molar-refractivity contribution is -0.386. The van der Waals surface area contributed by atoms with Gasteiger partial charge >= 0.3 is 5.69 Å². The Labute approximate surface area is 102 Å². The van der Waals surface area contributed by atoms with E-state index in [1.54, 1.807) is 18.2 Å². The van der Waals surface area contributed by atoms with E-state index in [-0.39, 0.29) is 11.8 Å². The first-order chi connectivity index (χ1) is 7.68. The minimum atomic E-state index is -0.408. The molecule has 4 nitrogen and oxygen atoms in total. The maximum atomic E-state index is 10.9. The van der Waals surface area contributed by atoms with Gasteiger partial charge in [-0.1, -0.05) is 6.07 Å². The average molecular weight is 286 g/mol. The van der Waals surface area contributed by atoms with Crippen LogP contribution >= 0.6 is 15.9 Å². The zero-order valence-electron chi connectivity index (χ0n) is 8.69. The second-order valence-corrected chi connectivity index (χ2v) is 4.72. The van der Waals surface area contributed by atoms with Crippen LogP contribution in [0.4, 0.5) is 5.69 Å². The fraction of sp³-hybridized carbons (Fsp3) is 0.455. The molecule has 5 heteroatoms. The van der Waals surface area contributed by atoms with Crippen LogP contribution in [0.15, 0.2) is 22.7 Å². The summed E-state index contributed by atoms with van der Waals surface area (Å²) in [5.41, 5.74) is 0.0226. The highest BCUT2D eigenvalue weighted by atomic mass is 79.9. The largest absolute Gasteiger partial charge is 0.483 e. The highest BCUT2D eigenvalue weighted by Crippen LogP contribution is 2.36. The van der Waals surface area contributed by atoms with Crippen LogP contribution in [0.25, 0.3) is 0 Å². The van der Waals surface area contributed by atoms with Crippen LogP contribution < -0.4 is 4.74 Å². The van der Waals surface area contributed by atoms with E-state index < -0.39 is 4.92 Å². The van der Waals surface area contributed by atoms with Gasteiger partial charge in [-0.05, 0) is 53.7 Å². The SMILES string of the molecule is O=[N+]([O-])c1c(Br)cccc1OC1CCCC1. The van der Waals surface area contributed by atoms with E-state index in [9.17, 15) is 10.1 Å². The summed E-state index contributed by atoms with van der Waals surface area (Å²) in [6.45, 7) is 0. The van der Waals surface area contributed by atoms with Gasteiger partial charge < -0.3 is 4.74 Å². The minimum Gasteiger partial charge on any atom is -0.483 e. The van der Waals surface area contributed by atoms with E-state index in [4.69, 9.17) is 4.74 Å². The standard InChI is InChI=1S/C11H12BrNO3/c12-9-6-3-7-10(11(9)13(14)15)16-8-4-1-2-5-8/h3,6-8H,1-2,4-5H2. The van der Waals surface area contributed by atoms with Crippen LogP contribution in [0.2, 0.25) is 0 Å². The molecule has 0 unspecified atom stereocenters. The molecule has 0 aromatic heterocycles. The van der Waals surface area contributed by atoms with Crippen LogP contribution in [0, 0.1) is 10.1 Å². The lowest BCUT2D eigenvalue weighted by Crippen LogP contribution is -2.12. The Morgan fingerprint density at radius 3 is 2.69 bits per heavy atom. The molecule has 0 spiro atoms. The number of hydrogen-bond acceptors (Lipinski definition) is 3. The summed E-state index contributed by atoms with van der Waals surface area (Å²) in [4.78, 5) is 10.5. The van der Waals surface area contributed by atoms with Crippen LogP contribution in [0.1, 0.15) is 25.7 Å². The van der Waals surface area contributed by atoms with Crippen LogP contribution in [0.5, 0.6) is 5.75 Å². The summed E-state index contributed by atoms with van der Waals surface area (Å²) < 4.78 is 6.14. The van der Waals surface area contributed by atoms with E-state index in [0.717, 1.165) is 25.7 Å². The summed E-state index contributed by atoms with van der Waals surface area (Å²) in [7, 11) is 0. The molecule has 1 aliphatic carbocycles. The molecule has 0 N–H and O–H groups in total. The fourth-order valence-electron chi connectivity index (χ4n) is 1.95. The molecule has 0 radical (unpaired) electrons. The monoisotopic (exact) mass is 285 g/mol. The average Bonchev–Trinajstić information content (AvgIpc) is 2.70. The molecule has 0 atom stereocenters. The van der Waals surface area contributed by atoms with Crippen molar-refractivity contribution in [3.05, 3.63) is 32.8 Å². The molecule has 1 aromatic carbocycles. The summed E-state index contributed by atoms with van der Waals surface area (Å²) in [5.74, 6) is 0.367. The van der Waals surface area contributed by atoms with Crippen molar-refractivity contribution in [2.75, 3.05) is 0 Å². The van der Waals surface area contributed by atoms with Crippen LogP contribution in [-0.2, 0) is 0 Å². The van der Waals surface area contributed by atoms with Crippen LogP contribution in [-0.4, -0.2) is 11.0 Å². The Morgan fingerprint density at radius 2 is 2.06 bits per heavy atom. The van der Waals surface area contributed by atoms with Crippen molar-refractivity contribution in [1.29, 1.82) is 0 Å². The first-order valence-corrected chi connectivity index (χ1v) is 6.07. The number of ether oxygens (including phenoxy) is 1. The predicted molar refractivity (Wildman–Crippen MR) is 63.7 cm³/mol. The lowest BCUT2D eigenvalue weighted by atomic mass is 10.2. The number of para-hydroxylation sites is 1. The third kappa shape index (κ3) is 2.35. The second kappa shape index (κ2) is 4.82. The van der Waals surface area contributed by atoms with Gasteiger partial charge in [0.05, 0.1) is 15.5 Å². The maximum absolute atomic E-state index is 10.9. The Kier molecular flexibility index (Phi) is 3.43. The number of nitrogens with zero attached hydrogens (tertiary/aromatic N) is 1. The number of rotatable bonds is 3. The summed E-state index contributed by atoms with van der Waals surface area (Å²) in [6, 6.07) is 5.06. The van der Waals surface area contributed by atoms with E-state index in [0.29, 0.717) is 10.2 Å². The van der Waals surface area contributed by atoms with Crippen LogP contribution in [0.3, 0.4) is 0 Å². The van der Waals surface area contributed by atoms with Crippen molar-refractivity contribution in [2.24, 2.45) is 0 Å². The maximum Gasteiger partial charge on any atom is 0.324 e. The Hall–Kier alpha value is -1.10. The molecule has 1 aromatic rings. The highest BCUT2D eigenvalue weighted by molar-refractivity contribution is 9.10. The van der Waals surface area contributed by atoms with Gasteiger partial charge in [0.15, 0.2) is 5.75 Å². The quantitative estimate of drug-likeness (QED) is 0.629. The van der Waals surface area contributed by atoms with Gasteiger partial charge in [-0.2, -0.15) is 0 Å². The van der Waals surface area contributed by atoms with Gasteiger partial charge in [-0.3, -0.25) is 10.1 Å². The Bertz CT molecular complexity index is 402. The molecule has 0 aliphatic heterocycles. The Morgan fingerprint density at radius 1 is 1.38 bits per heavy atom. The van der Waals surface area contributed by atoms with Crippen molar-refractivity contribution >= 4 is 21.6 Å². The number of nitro benzene ring substituents is 1. The van der Waals surface area contributed by atoms with Crippen molar-refractivity contribution in [3.8, 4) is 5.75 Å². The highest BCUT2D eigenvalue weighted by Gasteiger charge is 2.23. The molecule has 1 fully saturated rings. The van der Waals surface area contributed by atoms with Crippen molar-refractivity contribution in [1.82, 2.24) is 0 Å². The fourth-order valence-corrected chi connectivity index (χ4v) is 2.45. The van der Waals surface area contributed by atoms with E-state index >= 15 is 0 Å². The summed E-state index contributed by atoms with van der Waals surface area (Å²) in [6.07, 6.45) is 4.40. The molecule has 2 rings (SSSR count). The van der Waals surface area contributed by atoms with E-state index in [1.807, 2.05) is 0 Å². The van der Waals surface area contributed by atoms with Gasteiger partial charge in [0.1, 0.15) is 0 Å². The minimum absolute atomic E-state index is 0.0226. The van der Waals surface area contributed by atoms with Gasteiger partial charge in [0.25, 0.3) is 0 Å². The topological polar surface area (TPSA) is 52.4 Å². The molecular formula is C11H12BrNO3. The van der Waals surface area contributed by atoms with E-state index in [2.05, 4.69) is 15.9 Å². The normalized spacial score (nSPS) is 16.3. The third-order valence-corrected chi connectivity index (χ3v) is 3.37. The van der Waals surface area contributed by atoms with E-state index in [1.165, 1.54) is 0 Å². The van der Waals surface area contributed by atoms with Gasteiger partial charge in [0.2, 0.25) is 0 Å². The molecule has 1 aliphatic rings. The number of benzene rings is 1. The van der Waals surface area contributed by atoms with Crippen molar-refractivity contribution in [2.45, 2.75) is 31.8 Å². The molecule has 86 valence electrons. The second-order valence-electron chi connectivity index (χ2n) is 3.87. The molecule has 0 heterocycles. The molecule has 0 amide bonds. The summed E-state index contributed by atoms with van der Waals surface area (Å²) in [5, 5.41) is 10.9. The lowest BCUT2D eigenvalue weighted by Gasteiger charge is -2.13. The van der Waals surface area contributed by atoms with Gasteiger partial charge in [0, 0.05) is 0 Å². The van der Waals surface area contributed by atoms with Gasteiger partial charge in [-0.25, -0.2) is 0 Å². The summed E-state index contributed by atoms with van der Waals surface area (Å²) >= 11 is 3.18. The number of halogens is 1. The zero-order valence-corrected chi connectivity index (χ0v) is 10.3. The number of nitro groups is 1.